The molecule has 1 aliphatic carbocycles. The molecule has 6 rings (SSSR count). The Balaban J connectivity index is 0.00000337. The summed E-state index contributed by atoms with van der Waals surface area (Å²) < 4.78 is 11.7. The van der Waals surface area contributed by atoms with Gasteiger partial charge in [-0.25, -0.2) is 4.79 Å². The van der Waals surface area contributed by atoms with Crippen LogP contribution in [0.2, 0.25) is 5.02 Å². The molecule has 1 aliphatic rings. The third kappa shape index (κ3) is 5.63. The van der Waals surface area contributed by atoms with Gasteiger partial charge in [0.25, 0.3) is 0 Å². The van der Waals surface area contributed by atoms with Crippen molar-refractivity contribution in [3.63, 3.8) is 0 Å². The monoisotopic (exact) mass is 574 g/mol. The summed E-state index contributed by atoms with van der Waals surface area (Å²) >= 11 is 6.27. The van der Waals surface area contributed by atoms with Gasteiger partial charge in [0.15, 0.2) is 11.3 Å². The average Bonchev–Trinajstić information content (AvgIpc) is 3.71. The molecule has 200 valence electrons. The number of aliphatic carboxylic acids is 1. The van der Waals surface area contributed by atoms with Gasteiger partial charge in [0, 0.05) is 33.1 Å². The second-order valence-corrected chi connectivity index (χ2v) is 10.3. The fourth-order valence-electron chi connectivity index (χ4n) is 4.97. The number of carboxylic acids is 1. The van der Waals surface area contributed by atoms with E-state index in [2.05, 4.69) is 10.3 Å². The molecule has 1 saturated carbocycles. The second-order valence-electron chi connectivity index (χ2n) is 9.90. The summed E-state index contributed by atoms with van der Waals surface area (Å²) in [5.74, 6) is -0.547. The molecule has 3 aromatic carbocycles. The molecule has 9 heteroatoms. The minimum Gasteiger partial charge on any atom is -0.549 e. The summed E-state index contributed by atoms with van der Waals surface area (Å²) in [5, 5.41) is 15.6. The Hall–Kier alpha value is -3.62. The number of rotatable bonds is 7. The number of carbonyl (C=O) groups excluding carboxylic acids is 2. The Morgan fingerprint density at radius 3 is 2.24 bits per heavy atom. The fourth-order valence-corrected chi connectivity index (χ4v) is 5.26. The van der Waals surface area contributed by atoms with Crippen LogP contribution in [0.25, 0.3) is 33.4 Å². The number of ether oxygens (including phenoxy) is 1. The van der Waals surface area contributed by atoms with E-state index in [0.29, 0.717) is 45.8 Å². The van der Waals surface area contributed by atoms with Crippen LogP contribution in [-0.4, -0.2) is 17.0 Å². The van der Waals surface area contributed by atoms with Crippen molar-refractivity contribution in [3.05, 3.63) is 107 Å². The number of carboxylic acid groups (broad SMARTS) is 1. The molecule has 2 aromatic heterocycles. The molecule has 0 bridgehead atoms. The number of furan rings is 1. The number of halogens is 1. The molecule has 1 fully saturated rings. The number of hydrogen-bond donors (Lipinski definition) is 1. The van der Waals surface area contributed by atoms with E-state index in [1.54, 1.807) is 31.5 Å². The smallest absolute Gasteiger partial charge is 0.549 e. The zero-order valence-corrected chi connectivity index (χ0v) is 25.3. The van der Waals surface area contributed by atoms with Crippen molar-refractivity contribution in [3.8, 4) is 22.5 Å². The first-order chi connectivity index (χ1) is 19.4. The van der Waals surface area contributed by atoms with Crippen molar-refractivity contribution < 1.29 is 53.4 Å². The zero-order chi connectivity index (χ0) is 27.9. The van der Waals surface area contributed by atoms with E-state index in [9.17, 15) is 14.7 Å². The molecule has 1 unspecified atom stereocenters. The Morgan fingerprint density at radius 2 is 1.61 bits per heavy atom. The SMILES string of the molecule is CC(OC(=O)Nc1c(-c2ccc(-c3ccc(C4(C(=O)[O-])CC4)cc3)cc2)oc2cnccc12)c1ccccc1Cl.[Na+]. The van der Waals surface area contributed by atoms with Crippen molar-refractivity contribution in [1.82, 2.24) is 4.98 Å². The molecule has 0 saturated heterocycles. The first-order valence-electron chi connectivity index (χ1n) is 12.9. The number of hydrogen-bond acceptors (Lipinski definition) is 6. The summed E-state index contributed by atoms with van der Waals surface area (Å²) in [6, 6.07) is 24.2. The third-order valence-electron chi connectivity index (χ3n) is 7.41. The van der Waals surface area contributed by atoms with Crippen LogP contribution in [0.15, 0.2) is 95.7 Å². The van der Waals surface area contributed by atoms with Crippen molar-refractivity contribution in [2.24, 2.45) is 0 Å². The van der Waals surface area contributed by atoms with E-state index in [4.69, 9.17) is 20.8 Å². The number of fused-ring (bicyclic) bond motifs is 1. The van der Waals surface area contributed by atoms with Crippen LogP contribution in [0.4, 0.5) is 10.5 Å². The molecule has 7 nitrogen and oxygen atoms in total. The van der Waals surface area contributed by atoms with Gasteiger partial charge in [-0.1, -0.05) is 78.3 Å². The standard InChI is InChI=1S/C32H25ClN2O5.Na/c1-19(24-4-2-3-5-26(24)33)39-31(38)35-28-25-14-17-34-18-27(25)40-29(28)22-8-6-20(7-9-22)21-10-12-23(13-11-21)32(15-16-32)30(36)37;/h2-14,17-19H,15-16H2,1H3,(H,35,38)(H,36,37);/q;+1/p-1. The van der Waals surface area contributed by atoms with Gasteiger partial charge in [0.1, 0.15) is 6.10 Å². The summed E-state index contributed by atoms with van der Waals surface area (Å²) in [7, 11) is 0. The number of anilines is 1. The maximum atomic E-state index is 12.9. The molecule has 1 N–H and O–H groups in total. The van der Waals surface area contributed by atoms with Crippen molar-refractivity contribution >= 4 is 40.3 Å². The van der Waals surface area contributed by atoms with E-state index in [1.165, 1.54) is 0 Å². The Morgan fingerprint density at radius 1 is 0.976 bits per heavy atom. The van der Waals surface area contributed by atoms with Gasteiger partial charge in [-0.05, 0) is 48.6 Å². The molecule has 41 heavy (non-hydrogen) atoms. The van der Waals surface area contributed by atoms with Gasteiger partial charge in [-0.15, -0.1) is 0 Å². The maximum absolute atomic E-state index is 12.9. The summed E-state index contributed by atoms with van der Waals surface area (Å²) in [4.78, 5) is 28.6. The van der Waals surface area contributed by atoms with E-state index < -0.39 is 23.6 Å². The van der Waals surface area contributed by atoms with Gasteiger partial charge >= 0.3 is 35.7 Å². The van der Waals surface area contributed by atoms with Crippen molar-refractivity contribution in [1.29, 1.82) is 0 Å². The van der Waals surface area contributed by atoms with E-state index in [0.717, 1.165) is 22.3 Å². The number of pyridine rings is 1. The molecule has 5 aromatic rings. The zero-order valence-electron chi connectivity index (χ0n) is 22.5. The van der Waals surface area contributed by atoms with Crippen LogP contribution in [-0.2, 0) is 14.9 Å². The van der Waals surface area contributed by atoms with Gasteiger partial charge in [0.2, 0.25) is 0 Å². The first-order valence-corrected chi connectivity index (χ1v) is 13.2. The topological polar surface area (TPSA) is 104 Å². The molecular formula is C32H24ClN2NaO5. The van der Waals surface area contributed by atoms with E-state index in [1.807, 2.05) is 66.7 Å². The summed E-state index contributed by atoms with van der Waals surface area (Å²) in [5.41, 5.74) is 4.29. The number of aromatic nitrogens is 1. The minimum absolute atomic E-state index is 0. The van der Waals surface area contributed by atoms with E-state index in [-0.39, 0.29) is 29.6 Å². The molecule has 2 heterocycles. The molecular weight excluding hydrogens is 551 g/mol. The van der Waals surface area contributed by atoms with Crippen LogP contribution < -0.4 is 40.0 Å². The van der Waals surface area contributed by atoms with Gasteiger partial charge < -0.3 is 19.1 Å². The Labute approximate surface area is 263 Å². The number of benzene rings is 3. The maximum Gasteiger partial charge on any atom is 1.00 e. The summed E-state index contributed by atoms with van der Waals surface area (Å²) in [6.07, 6.45) is 3.23. The second kappa shape index (κ2) is 11.7. The third-order valence-corrected chi connectivity index (χ3v) is 7.75. The first kappa shape index (κ1) is 28.9. The van der Waals surface area contributed by atoms with Crippen LogP contribution >= 0.6 is 11.6 Å². The summed E-state index contributed by atoms with van der Waals surface area (Å²) in [6.45, 7) is 1.76. The van der Waals surface area contributed by atoms with Crippen LogP contribution in [0.1, 0.15) is 37.0 Å². The largest absolute Gasteiger partial charge is 1.00 e. The van der Waals surface area contributed by atoms with Crippen LogP contribution in [0, 0.1) is 0 Å². The molecule has 1 atom stereocenters. The Kier molecular flexibility index (Phi) is 8.25. The molecule has 0 radical (unpaired) electrons. The predicted octanol–water partition coefficient (Wildman–Crippen LogP) is 3.91. The van der Waals surface area contributed by atoms with Crippen molar-refractivity contribution in [2.45, 2.75) is 31.3 Å². The van der Waals surface area contributed by atoms with Crippen LogP contribution in [0.5, 0.6) is 0 Å². The van der Waals surface area contributed by atoms with Gasteiger partial charge in [0.05, 0.1) is 17.9 Å². The average molecular weight is 575 g/mol. The number of carbonyl (C=O) groups is 2. The molecule has 0 spiro atoms. The van der Waals surface area contributed by atoms with Gasteiger partial charge in [-0.2, -0.15) is 0 Å². The number of nitrogens with zero attached hydrogens (tertiary/aromatic N) is 1. The number of amides is 1. The predicted molar refractivity (Wildman–Crippen MR) is 151 cm³/mol. The van der Waals surface area contributed by atoms with E-state index >= 15 is 0 Å². The quantitative estimate of drug-likeness (QED) is 0.296. The molecule has 0 aliphatic heterocycles. The fraction of sp³-hybridized carbons (Fsp3) is 0.156. The normalized spacial score (nSPS) is 14.1. The number of nitrogens with one attached hydrogen (secondary N) is 1. The van der Waals surface area contributed by atoms with Crippen LogP contribution in [0.3, 0.4) is 0 Å². The van der Waals surface area contributed by atoms with Crippen molar-refractivity contribution in [2.75, 3.05) is 5.32 Å². The Bertz CT molecular complexity index is 1730. The minimum atomic E-state index is -1.02. The molecule has 1 amide bonds. The van der Waals surface area contributed by atoms with Gasteiger partial charge in [-0.3, -0.25) is 10.3 Å².